The first-order chi connectivity index (χ1) is 16.7. The van der Waals surface area contributed by atoms with Crippen LogP contribution in [0.1, 0.15) is 22.3 Å². The summed E-state index contributed by atoms with van der Waals surface area (Å²) >= 11 is 0. The molecule has 35 heavy (non-hydrogen) atoms. The van der Waals surface area contributed by atoms with Crippen molar-refractivity contribution in [2.75, 3.05) is 26.2 Å². The van der Waals surface area contributed by atoms with Crippen molar-refractivity contribution in [1.82, 2.24) is 25.2 Å². The van der Waals surface area contributed by atoms with E-state index in [9.17, 15) is 27.2 Å². The van der Waals surface area contributed by atoms with Gasteiger partial charge in [-0.2, -0.15) is 0 Å². The highest BCUT2D eigenvalue weighted by Crippen LogP contribution is 2.33. The molecule has 3 heterocycles. The van der Waals surface area contributed by atoms with Crippen molar-refractivity contribution in [3.63, 3.8) is 0 Å². The van der Waals surface area contributed by atoms with Gasteiger partial charge in [-0.25, -0.2) is 4.39 Å². The second kappa shape index (κ2) is 8.82. The summed E-state index contributed by atoms with van der Waals surface area (Å²) in [6, 6.07) is 8.09. The Morgan fingerprint density at radius 3 is 2.43 bits per heavy atom. The quantitative estimate of drug-likeness (QED) is 0.554. The van der Waals surface area contributed by atoms with Gasteiger partial charge in [0.25, 0.3) is 5.91 Å². The fourth-order valence-corrected chi connectivity index (χ4v) is 4.85. The lowest BCUT2D eigenvalue weighted by Crippen LogP contribution is -2.35. The maximum atomic E-state index is 14.1. The predicted molar refractivity (Wildman–Crippen MR) is 115 cm³/mol. The highest BCUT2D eigenvalue weighted by molar-refractivity contribution is 5.97. The van der Waals surface area contributed by atoms with Crippen LogP contribution in [0.25, 0.3) is 11.0 Å². The number of hydrogen-bond acceptors (Lipinski definition) is 5. The van der Waals surface area contributed by atoms with Crippen molar-refractivity contribution >= 4 is 22.8 Å². The van der Waals surface area contributed by atoms with Gasteiger partial charge in [0.2, 0.25) is 5.91 Å². The number of halogens is 4. The summed E-state index contributed by atoms with van der Waals surface area (Å²) in [7, 11) is 0. The zero-order valence-corrected chi connectivity index (χ0v) is 18.4. The van der Waals surface area contributed by atoms with Gasteiger partial charge in [0.1, 0.15) is 17.1 Å². The third-order valence-corrected chi connectivity index (χ3v) is 6.57. The van der Waals surface area contributed by atoms with Crippen LogP contribution in [0.15, 0.2) is 36.4 Å². The molecule has 0 bridgehead atoms. The zero-order valence-electron chi connectivity index (χ0n) is 18.4. The molecule has 2 aliphatic heterocycles. The van der Waals surface area contributed by atoms with Gasteiger partial charge in [0, 0.05) is 56.1 Å². The maximum Gasteiger partial charge on any atom is 0.573 e. The Kier molecular flexibility index (Phi) is 5.81. The molecule has 0 saturated carbocycles. The van der Waals surface area contributed by atoms with E-state index >= 15 is 0 Å². The van der Waals surface area contributed by atoms with E-state index in [0.717, 1.165) is 11.6 Å². The molecule has 12 heteroatoms. The van der Waals surface area contributed by atoms with Crippen LogP contribution in [0.2, 0.25) is 0 Å². The molecule has 2 aromatic carbocycles. The number of carbonyl (C=O) groups is 2. The number of likely N-dealkylation sites (tertiary alicyclic amines) is 2. The minimum Gasteiger partial charge on any atom is -0.406 e. The molecule has 0 radical (unpaired) electrons. The van der Waals surface area contributed by atoms with Crippen molar-refractivity contribution < 1.29 is 31.9 Å². The number of aryl methyl sites for hydroxylation is 1. The first-order valence-electron chi connectivity index (χ1n) is 11.1. The number of ether oxygens (including phenoxy) is 1. The van der Waals surface area contributed by atoms with Crippen molar-refractivity contribution in [2.24, 2.45) is 11.8 Å². The molecular formula is C23H21F4N5O3. The van der Waals surface area contributed by atoms with Gasteiger partial charge in [0.15, 0.2) is 0 Å². The van der Waals surface area contributed by atoms with Crippen LogP contribution in [0.5, 0.6) is 5.75 Å². The molecule has 184 valence electrons. The van der Waals surface area contributed by atoms with E-state index in [-0.39, 0.29) is 42.1 Å². The molecule has 1 aromatic heterocycles. The number of nitrogens with one attached hydrogen (secondary N) is 1. The number of fused-ring (bicyclic) bond motifs is 2. The van der Waals surface area contributed by atoms with Crippen LogP contribution in [0, 0.1) is 17.7 Å². The number of rotatable bonds is 5. The number of aromatic nitrogens is 3. The average Bonchev–Trinajstić information content (AvgIpc) is 3.51. The number of alkyl halides is 3. The lowest BCUT2D eigenvalue weighted by molar-refractivity contribution is -0.274. The van der Waals surface area contributed by atoms with E-state index in [1.807, 2.05) is 0 Å². The number of aromatic amines is 1. The average molecular weight is 491 g/mol. The minimum atomic E-state index is -4.90. The summed E-state index contributed by atoms with van der Waals surface area (Å²) < 4.78 is 54.7. The van der Waals surface area contributed by atoms with E-state index < -0.39 is 17.9 Å². The molecule has 0 spiro atoms. The molecule has 2 saturated heterocycles. The van der Waals surface area contributed by atoms with Crippen LogP contribution in [-0.2, 0) is 11.2 Å². The summed E-state index contributed by atoms with van der Waals surface area (Å²) in [6.45, 7) is 2.10. The van der Waals surface area contributed by atoms with Crippen LogP contribution in [0.4, 0.5) is 17.6 Å². The van der Waals surface area contributed by atoms with Gasteiger partial charge in [-0.05, 0) is 36.2 Å². The molecule has 1 N–H and O–H groups in total. The highest BCUT2D eigenvalue weighted by Gasteiger charge is 2.43. The summed E-state index contributed by atoms with van der Waals surface area (Å²) in [5.74, 6) is -1.41. The van der Waals surface area contributed by atoms with Crippen LogP contribution in [-0.4, -0.2) is 69.6 Å². The van der Waals surface area contributed by atoms with E-state index in [1.54, 1.807) is 28.0 Å². The van der Waals surface area contributed by atoms with Gasteiger partial charge in [-0.15, -0.1) is 18.3 Å². The lowest BCUT2D eigenvalue weighted by Gasteiger charge is -2.22. The topological polar surface area (TPSA) is 91.4 Å². The summed E-state index contributed by atoms with van der Waals surface area (Å²) in [6.07, 6.45) is -4.79. The molecular weight excluding hydrogens is 470 g/mol. The smallest absolute Gasteiger partial charge is 0.406 e. The summed E-state index contributed by atoms with van der Waals surface area (Å²) in [5, 5.41) is 10.4. The van der Waals surface area contributed by atoms with Crippen molar-refractivity contribution in [3.05, 3.63) is 53.3 Å². The van der Waals surface area contributed by atoms with E-state index in [4.69, 9.17) is 0 Å². The molecule has 2 fully saturated rings. The van der Waals surface area contributed by atoms with E-state index in [2.05, 4.69) is 20.1 Å². The Balaban J connectivity index is 1.13. The predicted octanol–water partition coefficient (Wildman–Crippen LogP) is 3.16. The second-order valence-electron chi connectivity index (χ2n) is 8.87. The second-order valence-corrected chi connectivity index (χ2v) is 8.87. The van der Waals surface area contributed by atoms with Crippen LogP contribution in [0.3, 0.4) is 0 Å². The van der Waals surface area contributed by atoms with Crippen molar-refractivity contribution in [2.45, 2.75) is 19.2 Å². The molecule has 0 aliphatic carbocycles. The number of H-pyrrole nitrogens is 1. The monoisotopic (exact) mass is 491 g/mol. The minimum absolute atomic E-state index is 0.0379. The SMILES string of the molecule is O=C(CCc1ccc(OC(F)(F)F)cc1F)N1C[C@@H]2CN(C(=O)c3ccc4[nH]nnc4c3)C[C@H]2C1. The summed E-state index contributed by atoms with van der Waals surface area (Å²) in [4.78, 5) is 29.1. The molecule has 0 unspecified atom stereocenters. The van der Waals surface area contributed by atoms with Crippen LogP contribution < -0.4 is 4.74 Å². The van der Waals surface area contributed by atoms with Crippen molar-refractivity contribution in [3.8, 4) is 5.75 Å². The number of nitrogens with zero attached hydrogens (tertiary/aromatic N) is 4. The molecule has 8 nitrogen and oxygen atoms in total. The molecule has 3 aromatic rings. The first-order valence-corrected chi connectivity index (χ1v) is 11.1. The largest absolute Gasteiger partial charge is 0.573 e. The van der Waals surface area contributed by atoms with E-state index in [1.165, 1.54) is 6.07 Å². The van der Waals surface area contributed by atoms with Gasteiger partial charge in [0.05, 0.1) is 5.52 Å². The summed E-state index contributed by atoms with van der Waals surface area (Å²) in [5.41, 5.74) is 2.05. The van der Waals surface area contributed by atoms with Crippen molar-refractivity contribution in [1.29, 1.82) is 0 Å². The fraction of sp³-hybridized carbons (Fsp3) is 0.391. The normalized spacial score (nSPS) is 19.9. The Morgan fingerprint density at radius 1 is 1.03 bits per heavy atom. The number of carbonyl (C=O) groups excluding carboxylic acids is 2. The number of amides is 2. The van der Waals surface area contributed by atoms with Gasteiger partial charge in [-0.1, -0.05) is 11.3 Å². The molecule has 5 rings (SSSR count). The standard InChI is InChI=1S/C23H21F4N5O3/c24-18-8-17(35-23(25,26)27)4-1-13(18)3-6-21(33)31-9-15-11-32(12-16(15)10-31)22(34)14-2-5-19-20(7-14)29-30-28-19/h1-2,4-5,7-8,15-16H,3,6,9-12H2,(H,28,29,30)/t15-,16-/m1/s1. The van der Waals surface area contributed by atoms with E-state index in [0.29, 0.717) is 43.3 Å². The number of benzene rings is 2. The first kappa shape index (κ1) is 23.1. The third kappa shape index (κ3) is 4.91. The molecule has 2 atom stereocenters. The third-order valence-electron chi connectivity index (χ3n) is 6.57. The number of hydrogen-bond donors (Lipinski definition) is 1. The van der Waals surface area contributed by atoms with Gasteiger partial charge < -0.3 is 14.5 Å². The Morgan fingerprint density at radius 2 is 1.74 bits per heavy atom. The maximum absolute atomic E-state index is 14.1. The Labute approximate surface area is 196 Å². The molecule has 2 aliphatic rings. The fourth-order valence-electron chi connectivity index (χ4n) is 4.85. The van der Waals surface area contributed by atoms with Gasteiger partial charge >= 0.3 is 6.36 Å². The highest BCUT2D eigenvalue weighted by atomic mass is 19.4. The van der Waals surface area contributed by atoms with Crippen LogP contribution >= 0.6 is 0 Å². The van der Waals surface area contributed by atoms with Gasteiger partial charge in [-0.3, -0.25) is 14.7 Å². The Bertz CT molecular complexity index is 1260. The Hall–Kier alpha value is -3.70. The molecule has 2 amide bonds. The lowest BCUT2D eigenvalue weighted by atomic mass is 10.0. The zero-order chi connectivity index (χ0) is 24.7.